The number of aromatic nitrogens is 3. The number of hydrogen-bond donors (Lipinski definition) is 1. The molecule has 6 heteroatoms. The highest BCUT2D eigenvalue weighted by molar-refractivity contribution is 5.91. The average Bonchev–Trinajstić information content (AvgIpc) is 2.95. The van der Waals surface area contributed by atoms with Gasteiger partial charge >= 0.3 is 0 Å². The number of aliphatic hydroxyl groups excluding tert-OH is 1. The van der Waals surface area contributed by atoms with E-state index in [9.17, 15) is 9.90 Å². The van der Waals surface area contributed by atoms with Crippen molar-refractivity contribution in [2.24, 2.45) is 17.8 Å². The molecule has 6 nitrogen and oxygen atoms in total. The molecule has 1 saturated heterocycles. The van der Waals surface area contributed by atoms with Crippen LogP contribution in [0.2, 0.25) is 0 Å². The molecular weight excluding hydrogens is 304 g/mol. The van der Waals surface area contributed by atoms with Gasteiger partial charge in [-0.1, -0.05) is 6.07 Å². The highest BCUT2D eigenvalue weighted by Crippen LogP contribution is 2.51. The number of anilines is 1. The summed E-state index contributed by atoms with van der Waals surface area (Å²) in [6.07, 6.45) is 3.46. The summed E-state index contributed by atoms with van der Waals surface area (Å²) in [5, 5.41) is 9.26. The Morgan fingerprint density at radius 1 is 1.33 bits per heavy atom. The maximum Gasteiger partial charge on any atom is 0.179 e. The summed E-state index contributed by atoms with van der Waals surface area (Å²) in [6, 6.07) is 4.18. The topological polar surface area (TPSA) is 71.2 Å². The van der Waals surface area contributed by atoms with E-state index in [1.807, 2.05) is 11.5 Å². The quantitative estimate of drug-likeness (QED) is 0.844. The standard InChI is InChI=1S/C18H22N4O2/c1-11-13(5-21-8-17(12(2)24)19-10-21)3-4-18(20-11)22-6-14-15(7-22)16(14)9-23/h3-4,8,10,14-16,23H,5-7,9H2,1-2H3/t14-,15+,16?. The summed E-state index contributed by atoms with van der Waals surface area (Å²) in [5.41, 5.74) is 2.63. The van der Waals surface area contributed by atoms with Gasteiger partial charge < -0.3 is 14.6 Å². The molecule has 126 valence electrons. The van der Waals surface area contributed by atoms with Gasteiger partial charge in [0, 0.05) is 38.5 Å². The number of ketones is 1. The van der Waals surface area contributed by atoms with Gasteiger partial charge in [0.1, 0.15) is 11.5 Å². The van der Waals surface area contributed by atoms with Gasteiger partial charge in [0.15, 0.2) is 5.78 Å². The van der Waals surface area contributed by atoms with Gasteiger partial charge in [-0.15, -0.1) is 0 Å². The van der Waals surface area contributed by atoms with Crippen molar-refractivity contribution in [3.63, 3.8) is 0 Å². The predicted molar refractivity (Wildman–Crippen MR) is 90.1 cm³/mol. The number of Topliss-reactive ketones (excluding diaryl/α,β-unsaturated/α-hetero) is 1. The molecule has 0 spiro atoms. The van der Waals surface area contributed by atoms with E-state index in [1.165, 1.54) is 6.92 Å². The fourth-order valence-corrected chi connectivity index (χ4v) is 3.85. The normalized spacial score (nSPS) is 25.0. The molecule has 1 aliphatic heterocycles. The fraction of sp³-hybridized carbons (Fsp3) is 0.500. The third-order valence-corrected chi connectivity index (χ3v) is 5.43. The number of hydrogen-bond acceptors (Lipinski definition) is 5. The van der Waals surface area contributed by atoms with Crippen molar-refractivity contribution in [3.05, 3.63) is 41.6 Å². The van der Waals surface area contributed by atoms with Crippen molar-refractivity contribution < 1.29 is 9.90 Å². The van der Waals surface area contributed by atoms with Gasteiger partial charge in [-0.3, -0.25) is 4.79 Å². The molecule has 2 aliphatic rings. The van der Waals surface area contributed by atoms with Gasteiger partial charge in [0.05, 0.1) is 12.9 Å². The second-order valence-electron chi connectivity index (χ2n) is 6.98. The zero-order valence-electron chi connectivity index (χ0n) is 14.0. The number of aryl methyl sites for hydroxylation is 1. The second kappa shape index (κ2) is 5.70. The molecule has 3 heterocycles. The number of nitrogens with zero attached hydrogens (tertiary/aromatic N) is 4. The SMILES string of the molecule is CC(=O)c1cn(Cc2ccc(N3C[C@@H]4C(CO)[C@@H]4C3)nc2C)cn1. The number of aliphatic hydroxyl groups is 1. The molecule has 1 unspecified atom stereocenters. The number of fused-ring (bicyclic) bond motifs is 1. The minimum absolute atomic E-state index is 0.0206. The third kappa shape index (κ3) is 2.60. The lowest BCUT2D eigenvalue weighted by Crippen LogP contribution is -2.25. The molecule has 0 radical (unpaired) electrons. The minimum atomic E-state index is -0.0206. The molecule has 0 amide bonds. The van der Waals surface area contributed by atoms with Crippen LogP contribution >= 0.6 is 0 Å². The van der Waals surface area contributed by atoms with Gasteiger partial charge in [-0.25, -0.2) is 9.97 Å². The van der Waals surface area contributed by atoms with Crippen LogP contribution in [0.1, 0.15) is 28.7 Å². The lowest BCUT2D eigenvalue weighted by molar-refractivity contribution is 0.101. The van der Waals surface area contributed by atoms with Crippen LogP contribution in [0.4, 0.5) is 5.82 Å². The minimum Gasteiger partial charge on any atom is -0.396 e. The van der Waals surface area contributed by atoms with Crippen molar-refractivity contribution in [2.45, 2.75) is 20.4 Å². The zero-order chi connectivity index (χ0) is 16.8. The molecule has 1 aliphatic carbocycles. The van der Waals surface area contributed by atoms with Crippen molar-refractivity contribution in [1.29, 1.82) is 0 Å². The van der Waals surface area contributed by atoms with E-state index in [2.05, 4.69) is 22.0 Å². The van der Waals surface area contributed by atoms with E-state index in [4.69, 9.17) is 4.98 Å². The number of carbonyl (C=O) groups is 1. The monoisotopic (exact) mass is 326 g/mol. The van der Waals surface area contributed by atoms with Crippen LogP contribution in [0.3, 0.4) is 0 Å². The fourth-order valence-electron chi connectivity index (χ4n) is 3.85. The maximum atomic E-state index is 11.3. The first kappa shape index (κ1) is 15.3. The Morgan fingerprint density at radius 2 is 2.08 bits per heavy atom. The highest BCUT2D eigenvalue weighted by Gasteiger charge is 2.55. The van der Waals surface area contributed by atoms with Gasteiger partial charge in [0.2, 0.25) is 0 Å². The van der Waals surface area contributed by atoms with E-state index in [0.29, 0.717) is 36.6 Å². The summed E-state index contributed by atoms with van der Waals surface area (Å²) in [6.45, 7) is 6.54. The van der Waals surface area contributed by atoms with Crippen LogP contribution in [0.5, 0.6) is 0 Å². The maximum absolute atomic E-state index is 11.3. The van der Waals surface area contributed by atoms with Crippen molar-refractivity contribution >= 4 is 11.6 Å². The number of piperidine rings is 1. The van der Waals surface area contributed by atoms with Crippen LogP contribution in [-0.2, 0) is 6.54 Å². The Balaban J connectivity index is 1.45. The summed E-state index contributed by atoms with van der Waals surface area (Å²) in [4.78, 5) is 22.5. The Kier molecular flexibility index (Phi) is 3.64. The van der Waals surface area contributed by atoms with Gasteiger partial charge in [0.25, 0.3) is 0 Å². The molecule has 2 aromatic rings. The summed E-state index contributed by atoms with van der Waals surface area (Å²) in [5.74, 6) is 2.81. The van der Waals surface area contributed by atoms with Crippen LogP contribution < -0.4 is 4.90 Å². The largest absolute Gasteiger partial charge is 0.396 e. The van der Waals surface area contributed by atoms with Crippen molar-refractivity contribution in [1.82, 2.24) is 14.5 Å². The molecule has 24 heavy (non-hydrogen) atoms. The smallest absolute Gasteiger partial charge is 0.179 e. The first-order valence-corrected chi connectivity index (χ1v) is 8.42. The Labute approximate surface area is 141 Å². The number of pyridine rings is 1. The van der Waals surface area contributed by atoms with Gasteiger partial charge in [-0.2, -0.15) is 0 Å². The molecular formula is C18H22N4O2. The molecule has 1 N–H and O–H groups in total. The molecule has 0 aromatic carbocycles. The summed E-state index contributed by atoms with van der Waals surface area (Å²) in [7, 11) is 0. The van der Waals surface area contributed by atoms with E-state index < -0.39 is 0 Å². The Bertz CT molecular complexity index is 773. The number of rotatable bonds is 5. The van der Waals surface area contributed by atoms with Crippen LogP contribution in [0.15, 0.2) is 24.7 Å². The number of imidazole rings is 1. The molecule has 3 atom stereocenters. The third-order valence-electron chi connectivity index (χ3n) is 5.43. The molecule has 0 bridgehead atoms. The van der Waals surface area contributed by atoms with E-state index >= 15 is 0 Å². The first-order chi connectivity index (χ1) is 11.6. The van der Waals surface area contributed by atoms with E-state index in [1.54, 1.807) is 12.5 Å². The van der Waals surface area contributed by atoms with E-state index in [-0.39, 0.29) is 5.78 Å². The van der Waals surface area contributed by atoms with Crippen molar-refractivity contribution in [3.8, 4) is 0 Å². The summed E-state index contributed by atoms with van der Waals surface area (Å²) >= 11 is 0. The van der Waals surface area contributed by atoms with Crippen LogP contribution in [-0.4, -0.2) is 45.1 Å². The average molecular weight is 326 g/mol. The van der Waals surface area contributed by atoms with Crippen LogP contribution in [0.25, 0.3) is 0 Å². The van der Waals surface area contributed by atoms with Crippen LogP contribution in [0, 0.1) is 24.7 Å². The van der Waals surface area contributed by atoms with E-state index in [0.717, 1.165) is 30.2 Å². The molecule has 1 saturated carbocycles. The van der Waals surface area contributed by atoms with Crippen molar-refractivity contribution in [2.75, 3.05) is 24.6 Å². The molecule has 2 aromatic heterocycles. The molecule has 2 fully saturated rings. The second-order valence-corrected chi connectivity index (χ2v) is 6.98. The lowest BCUT2D eigenvalue weighted by Gasteiger charge is -2.21. The predicted octanol–water partition coefficient (Wildman–Crippen LogP) is 1.51. The first-order valence-electron chi connectivity index (χ1n) is 8.42. The lowest BCUT2D eigenvalue weighted by atomic mass is 10.2. The Hall–Kier alpha value is -2.21. The summed E-state index contributed by atoms with van der Waals surface area (Å²) < 4.78 is 1.91. The highest BCUT2D eigenvalue weighted by atomic mass is 16.3. The number of carbonyl (C=O) groups excluding carboxylic acids is 1. The zero-order valence-corrected chi connectivity index (χ0v) is 14.0. The van der Waals surface area contributed by atoms with Gasteiger partial charge in [-0.05, 0) is 36.3 Å². The molecule has 4 rings (SSSR count). The Morgan fingerprint density at radius 3 is 2.67 bits per heavy atom.